The van der Waals surface area contributed by atoms with Crippen LogP contribution in [0.1, 0.15) is 37.1 Å². The van der Waals surface area contributed by atoms with Crippen molar-refractivity contribution in [3.05, 3.63) is 54.0 Å². The molecular weight excluding hydrogens is 356 g/mol. The van der Waals surface area contributed by atoms with Crippen LogP contribution in [0.25, 0.3) is 6.08 Å². The van der Waals surface area contributed by atoms with Gasteiger partial charge in [-0.05, 0) is 62.7 Å². The van der Waals surface area contributed by atoms with Crippen molar-refractivity contribution in [2.45, 2.75) is 25.8 Å². The second kappa shape index (κ2) is 9.99. The summed E-state index contributed by atoms with van der Waals surface area (Å²) in [4.78, 5) is 14.7. The zero-order chi connectivity index (χ0) is 19.8. The van der Waals surface area contributed by atoms with Crippen LogP contribution < -0.4 is 14.8 Å². The van der Waals surface area contributed by atoms with Gasteiger partial charge in [-0.1, -0.05) is 18.2 Å². The van der Waals surface area contributed by atoms with Gasteiger partial charge in [0.1, 0.15) is 5.76 Å². The smallest absolute Gasteiger partial charge is 0.258 e. The van der Waals surface area contributed by atoms with Crippen molar-refractivity contribution < 1.29 is 18.7 Å². The predicted molar refractivity (Wildman–Crippen MR) is 108 cm³/mol. The van der Waals surface area contributed by atoms with E-state index < -0.39 is 0 Å². The molecule has 1 aliphatic rings. The maximum atomic E-state index is 12.3. The second-order valence-corrected chi connectivity index (χ2v) is 6.78. The van der Waals surface area contributed by atoms with E-state index in [4.69, 9.17) is 13.9 Å². The number of amides is 1. The van der Waals surface area contributed by atoms with Crippen LogP contribution in [-0.2, 0) is 4.79 Å². The summed E-state index contributed by atoms with van der Waals surface area (Å²) in [6.45, 7) is 4.43. The number of rotatable bonds is 9. The van der Waals surface area contributed by atoms with Gasteiger partial charge in [-0.25, -0.2) is 0 Å². The SMILES string of the molecule is C/C=C/c1ccc(OCC(=O)NCC(c2ccco2)N2CCCC2)c(OC)c1. The molecule has 2 heterocycles. The molecule has 6 nitrogen and oxygen atoms in total. The third-order valence-electron chi connectivity index (χ3n) is 4.85. The number of benzene rings is 1. The van der Waals surface area contributed by atoms with Gasteiger partial charge in [-0.3, -0.25) is 9.69 Å². The molecule has 1 saturated heterocycles. The normalized spacial score (nSPS) is 15.6. The molecule has 1 aliphatic heterocycles. The van der Waals surface area contributed by atoms with Crippen molar-refractivity contribution in [2.75, 3.05) is 33.4 Å². The van der Waals surface area contributed by atoms with Gasteiger partial charge >= 0.3 is 0 Å². The average Bonchev–Trinajstić information content (AvgIpc) is 3.42. The van der Waals surface area contributed by atoms with Gasteiger partial charge in [-0.2, -0.15) is 0 Å². The van der Waals surface area contributed by atoms with Crippen LogP contribution in [0.5, 0.6) is 11.5 Å². The Morgan fingerprint density at radius 3 is 2.79 bits per heavy atom. The van der Waals surface area contributed by atoms with E-state index in [0.29, 0.717) is 18.0 Å². The fourth-order valence-electron chi connectivity index (χ4n) is 3.45. The Hall–Kier alpha value is -2.73. The Labute approximate surface area is 166 Å². The number of nitrogens with one attached hydrogen (secondary N) is 1. The molecule has 1 N–H and O–H groups in total. The molecule has 1 aromatic heterocycles. The lowest BCUT2D eigenvalue weighted by atomic mass is 10.2. The topological polar surface area (TPSA) is 63.9 Å². The highest BCUT2D eigenvalue weighted by atomic mass is 16.5. The summed E-state index contributed by atoms with van der Waals surface area (Å²) in [6.07, 6.45) is 7.96. The van der Waals surface area contributed by atoms with Crippen LogP contribution in [0.2, 0.25) is 0 Å². The fraction of sp³-hybridized carbons (Fsp3) is 0.409. The number of hydrogen-bond donors (Lipinski definition) is 1. The van der Waals surface area contributed by atoms with Crippen LogP contribution in [0, 0.1) is 0 Å². The molecule has 1 aromatic carbocycles. The molecule has 3 rings (SSSR count). The quantitative estimate of drug-likeness (QED) is 0.715. The monoisotopic (exact) mass is 384 g/mol. The molecule has 2 aromatic rings. The third kappa shape index (κ3) is 5.16. The van der Waals surface area contributed by atoms with Crippen LogP contribution in [0.15, 0.2) is 47.1 Å². The van der Waals surface area contributed by atoms with Crippen molar-refractivity contribution in [3.8, 4) is 11.5 Å². The Morgan fingerprint density at radius 2 is 2.11 bits per heavy atom. The van der Waals surface area contributed by atoms with Gasteiger partial charge in [0.25, 0.3) is 5.91 Å². The first-order valence-corrected chi connectivity index (χ1v) is 9.69. The summed E-state index contributed by atoms with van der Waals surface area (Å²) in [7, 11) is 1.59. The molecule has 0 saturated carbocycles. The summed E-state index contributed by atoms with van der Waals surface area (Å²) in [5, 5.41) is 2.97. The number of carbonyl (C=O) groups excluding carboxylic acids is 1. The molecule has 1 fully saturated rings. The first-order chi connectivity index (χ1) is 13.7. The van der Waals surface area contributed by atoms with Crippen molar-refractivity contribution in [2.24, 2.45) is 0 Å². The summed E-state index contributed by atoms with van der Waals surface area (Å²) >= 11 is 0. The van der Waals surface area contributed by atoms with E-state index in [0.717, 1.165) is 24.4 Å². The number of furan rings is 1. The van der Waals surface area contributed by atoms with E-state index in [-0.39, 0.29) is 18.6 Å². The van der Waals surface area contributed by atoms with Crippen LogP contribution in [0.3, 0.4) is 0 Å². The van der Waals surface area contributed by atoms with Crippen LogP contribution in [-0.4, -0.2) is 44.2 Å². The highest BCUT2D eigenvalue weighted by Crippen LogP contribution is 2.28. The lowest BCUT2D eigenvalue weighted by Crippen LogP contribution is -2.38. The number of methoxy groups -OCH3 is 1. The van der Waals surface area contributed by atoms with E-state index in [1.807, 2.05) is 49.4 Å². The van der Waals surface area contributed by atoms with E-state index in [2.05, 4.69) is 10.2 Å². The molecule has 150 valence electrons. The minimum Gasteiger partial charge on any atom is -0.493 e. The van der Waals surface area contributed by atoms with Gasteiger partial charge in [0.05, 0.1) is 19.4 Å². The number of likely N-dealkylation sites (tertiary alicyclic amines) is 1. The Kier molecular flexibility index (Phi) is 7.14. The maximum Gasteiger partial charge on any atom is 0.258 e. The van der Waals surface area contributed by atoms with E-state index in [1.54, 1.807) is 13.4 Å². The first-order valence-electron chi connectivity index (χ1n) is 9.69. The van der Waals surface area contributed by atoms with Crippen molar-refractivity contribution in [1.82, 2.24) is 10.2 Å². The fourth-order valence-corrected chi connectivity index (χ4v) is 3.45. The number of ether oxygens (including phenoxy) is 2. The summed E-state index contributed by atoms with van der Waals surface area (Å²) in [5.41, 5.74) is 1.02. The molecule has 0 aliphatic carbocycles. The third-order valence-corrected chi connectivity index (χ3v) is 4.85. The van der Waals surface area contributed by atoms with Crippen LogP contribution in [0.4, 0.5) is 0 Å². The van der Waals surface area contributed by atoms with Crippen molar-refractivity contribution >= 4 is 12.0 Å². The molecule has 28 heavy (non-hydrogen) atoms. The number of allylic oxidation sites excluding steroid dienone is 1. The molecule has 1 atom stereocenters. The minimum atomic E-state index is -0.171. The van der Waals surface area contributed by atoms with E-state index >= 15 is 0 Å². The lowest BCUT2D eigenvalue weighted by Gasteiger charge is -2.26. The molecule has 1 unspecified atom stereocenters. The van der Waals surface area contributed by atoms with Gasteiger partial charge in [-0.15, -0.1) is 0 Å². The summed E-state index contributed by atoms with van der Waals surface area (Å²) in [6, 6.07) is 9.52. The molecule has 0 bridgehead atoms. The summed E-state index contributed by atoms with van der Waals surface area (Å²) < 4.78 is 16.6. The number of nitrogens with zero attached hydrogens (tertiary/aromatic N) is 1. The Balaban J connectivity index is 1.55. The molecule has 6 heteroatoms. The van der Waals surface area contributed by atoms with Gasteiger partial charge < -0.3 is 19.2 Å². The Bertz CT molecular complexity index is 780. The molecule has 1 amide bonds. The highest BCUT2D eigenvalue weighted by Gasteiger charge is 2.26. The molecule has 0 radical (unpaired) electrons. The Morgan fingerprint density at radius 1 is 1.29 bits per heavy atom. The summed E-state index contributed by atoms with van der Waals surface area (Å²) in [5.74, 6) is 1.86. The zero-order valence-corrected chi connectivity index (χ0v) is 16.5. The van der Waals surface area contributed by atoms with Gasteiger partial charge in [0.15, 0.2) is 18.1 Å². The highest BCUT2D eigenvalue weighted by molar-refractivity contribution is 5.77. The van der Waals surface area contributed by atoms with Gasteiger partial charge in [0, 0.05) is 6.54 Å². The van der Waals surface area contributed by atoms with E-state index in [9.17, 15) is 4.79 Å². The minimum absolute atomic E-state index is 0.0519. The molecular formula is C22H28N2O4. The lowest BCUT2D eigenvalue weighted by molar-refractivity contribution is -0.123. The first kappa shape index (κ1) is 20.0. The largest absolute Gasteiger partial charge is 0.493 e. The van der Waals surface area contributed by atoms with E-state index in [1.165, 1.54) is 12.8 Å². The molecule has 0 spiro atoms. The van der Waals surface area contributed by atoms with Crippen molar-refractivity contribution in [3.63, 3.8) is 0 Å². The predicted octanol–water partition coefficient (Wildman–Crippen LogP) is 3.65. The van der Waals surface area contributed by atoms with Gasteiger partial charge in [0.2, 0.25) is 0 Å². The zero-order valence-electron chi connectivity index (χ0n) is 16.5. The second-order valence-electron chi connectivity index (χ2n) is 6.78. The maximum absolute atomic E-state index is 12.3. The number of carbonyl (C=O) groups is 1. The standard InChI is InChI=1S/C22H28N2O4/c1-3-7-17-9-10-20(21(14-17)26-2)28-16-22(25)23-15-18(19-8-6-13-27-19)24-11-4-5-12-24/h3,6-10,13-14,18H,4-5,11-12,15-16H2,1-2H3,(H,23,25)/b7-3+. The number of hydrogen-bond acceptors (Lipinski definition) is 5. The van der Waals surface area contributed by atoms with Crippen molar-refractivity contribution in [1.29, 1.82) is 0 Å². The van der Waals surface area contributed by atoms with Crippen LogP contribution >= 0.6 is 0 Å². The average molecular weight is 384 g/mol.